The second-order valence-electron chi connectivity index (χ2n) is 6.65. The smallest absolute Gasteiger partial charge is 0.408 e. The van der Waals surface area contributed by atoms with Crippen LogP contribution in [0.3, 0.4) is 0 Å². The lowest BCUT2D eigenvalue weighted by molar-refractivity contribution is 0.101. The van der Waals surface area contributed by atoms with Crippen molar-refractivity contribution in [3.63, 3.8) is 0 Å². The molecule has 28 heavy (non-hydrogen) atoms. The van der Waals surface area contributed by atoms with Gasteiger partial charge in [-0.05, 0) is 68.8 Å². The van der Waals surface area contributed by atoms with Crippen LogP contribution in [0, 0.1) is 5.82 Å². The van der Waals surface area contributed by atoms with Crippen LogP contribution in [0.4, 0.5) is 10.1 Å². The van der Waals surface area contributed by atoms with Gasteiger partial charge in [0.25, 0.3) is 0 Å². The van der Waals surface area contributed by atoms with Gasteiger partial charge in [0.2, 0.25) is 0 Å². The third-order valence-corrected chi connectivity index (χ3v) is 4.54. The Morgan fingerprint density at radius 2 is 1.86 bits per heavy atom. The van der Waals surface area contributed by atoms with Crippen molar-refractivity contribution in [1.29, 1.82) is 0 Å². The molecule has 0 bridgehead atoms. The van der Waals surface area contributed by atoms with Crippen LogP contribution in [0.5, 0.6) is 0 Å². The van der Waals surface area contributed by atoms with Crippen molar-refractivity contribution in [2.75, 3.05) is 25.0 Å². The molecule has 0 aliphatic rings. The van der Waals surface area contributed by atoms with Crippen molar-refractivity contribution in [1.82, 2.24) is 9.88 Å². The minimum atomic E-state index is -0.396. The number of hydrogen-bond donors (Lipinski definition) is 2. The molecule has 1 aromatic heterocycles. The van der Waals surface area contributed by atoms with Crippen molar-refractivity contribution in [3.8, 4) is 0 Å². The van der Waals surface area contributed by atoms with Crippen molar-refractivity contribution in [2.45, 2.75) is 26.3 Å². The van der Waals surface area contributed by atoms with Crippen LogP contribution in [0.15, 0.2) is 51.7 Å². The summed E-state index contributed by atoms with van der Waals surface area (Å²) in [6.45, 7) is 4.43. The van der Waals surface area contributed by atoms with Crippen molar-refractivity contribution in [3.05, 3.63) is 64.4 Å². The zero-order chi connectivity index (χ0) is 19.9. The van der Waals surface area contributed by atoms with Crippen LogP contribution in [0.1, 0.15) is 30.1 Å². The molecule has 0 atom stereocenters. The Balaban J connectivity index is 1.38. The van der Waals surface area contributed by atoms with Gasteiger partial charge in [0.05, 0.1) is 5.52 Å². The average Bonchev–Trinajstić information content (AvgIpc) is 2.99. The number of anilines is 1. The van der Waals surface area contributed by atoms with Crippen molar-refractivity contribution >= 4 is 22.6 Å². The van der Waals surface area contributed by atoms with Gasteiger partial charge in [-0.3, -0.25) is 9.36 Å². The maximum absolute atomic E-state index is 12.8. The van der Waals surface area contributed by atoms with Gasteiger partial charge in [-0.2, -0.15) is 0 Å². The summed E-state index contributed by atoms with van der Waals surface area (Å²) in [6, 6.07) is 11.4. The SMILES string of the molecule is CC(=O)c1ccc2c(c1)oc(=O)n2CCCCNCCNc1ccc(F)cc1. The number of hydrogen-bond acceptors (Lipinski definition) is 5. The van der Waals surface area contributed by atoms with E-state index in [2.05, 4.69) is 10.6 Å². The zero-order valence-corrected chi connectivity index (χ0v) is 15.8. The Morgan fingerprint density at radius 3 is 2.61 bits per heavy atom. The topological polar surface area (TPSA) is 76.3 Å². The molecule has 0 amide bonds. The second-order valence-corrected chi connectivity index (χ2v) is 6.65. The highest BCUT2D eigenvalue weighted by Crippen LogP contribution is 2.16. The molecule has 6 nitrogen and oxygen atoms in total. The van der Waals surface area contributed by atoms with E-state index in [1.165, 1.54) is 19.1 Å². The van der Waals surface area contributed by atoms with Crippen LogP contribution in [-0.2, 0) is 6.54 Å². The predicted molar refractivity (Wildman–Crippen MR) is 107 cm³/mol. The van der Waals surface area contributed by atoms with Gasteiger partial charge in [0, 0.05) is 30.9 Å². The van der Waals surface area contributed by atoms with Gasteiger partial charge in [0.1, 0.15) is 5.82 Å². The number of carbonyl (C=O) groups excluding carboxylic acids is 1. The van der Waals surface area contributed by atoms with Crippen LogP contribution < -0.4 is 16.4 Å². The standard InChI is InChI=1S/C21H24FN3O3/c1-15(26)16-4-9-19-20(14-16)28-21(27)25(19)13-3-2-10-23-11-12-24-18-7-5-17(22)6-8-18/h4-9,14,23-24H,2-3,10-13H2,1H3. The van der Waals surface area contributed by atoms with Gasteiger partial charge >= 0.3 is 5.76 Å². The Hall–Kier alpha value is -2.93. The lowest BCUT2D eigenvalue weighted by Gasteiger charge is -2.08. The second kappa shape index (κ2) is 9.32. The molecule has 3 rings (SSSR count). The number of halogens is 1. The van der Waals surface area contributed by atoms with Gasteiger partial charge in [-0.25, -0.2) is 9.18 Å². The Kier molecular flexibility index (Phi) is 6.60. The van der Waals surface area contributed by atoms with E-state index >= 15 is 0 Å². The van der Waals surface area contributed by atoms with Gasteiger partial charge in [-0.1, -0.05) is 0 Å². The molecule has 7 heteroatoms. The van der Waals surface area contributed by atoms with Gasteiger partial charge in [0.15, 0.2) is 11.4 Å². The fourth-order valence-corrected chi connectivity index (χ4v) is 3.00. The molecule has 2 N–H and O–H groups in total. The van der Waals surface area contributed by atoms with Crippen LogP contribution in [0.25, 0.3) is 11.1 Å². The number of aromatic nitrogens is 1. The van der Waals surface area contributed by atoms with Gasteiger partial charge in [-0.15, -0.1) is 0 Å². The number of nitrogens with zero attached hydrogens (tertiary/aromatic N) is 1. The first-order chi connectivity index (χ1) is 13.5. The number of unbranched alkanes of at least 4 members (excludes halogenated alkanes) is 1. The lowest BCUT2D eigenvalue weighted by Crippen LogP contribution is -2.23. The molecular weight excluding hydrogens is 361 g/mol. The molecule has 0 unspecified atom stereocenters. The van der Waals surface area contributed by atoms with Crippen LogP contribution in [-0.4, -0.2) is 30.0 Å². The fourth-order valence-electron chi connectivity index (χ4n) is 3.00. The predicted octanol–water partition coefficient (Wildman–Crippen LogP) is 3.42. The number of fused-ring (bicyclic) bond motifs is 1. The quantitative estimate of drug-likeness (QED) is 0.413. The Bertz CT molecular complexity index is 992. The highest BCUT2D eigenvalue weighted by atomic mass is 19.1. The largest absolute Gasteiger partial charge is 0.419 e. The molecule has 1 heterocycles. The number of Topliss-reactive ketones (excluding diaryl/α,β-unsaturated/α-hetero) is 1. The fraction of sp³-hybridized carbons (Fsp3) is 0.333. The first-order valence-electron chi connectivity index (χ1n) is 9.39. The van der Waals surface area contributed by atoms with E-state index in [1.54, 1.807) is 34.9 Å². The average molecular weight is 385 g/mol. The summed E-state index contributed by atoms with van der Waals surface area (Å²) >= 11 is 0. The number of benzene rings is 2. The van der Waals surface area contributed by atoms with E-state index in [0.717, 1.165) is 38.2 Å². The summed E-state index contributed by atoms with van der Waals surface area (Å²) in [5, 5.41) is 6.55. The minimum Gasteiger partial charge on any atom is -0.408 e. The summed E-state index contributed by atoms with van der Waals surface area (Å²) in [5.74, 6) is -0.697. The highest BCUT2D eigenvalue weighted by Gasteiger charge is 2.10. The monoisotopic (exact) mass is 385 g/mol. The van der Waals surface area contributed by atoms with Crippen LogP contribution >= 0.6 is 0 Å². The van der Waals surface area contributed by atoms with Crippen molar-refractivity contribution in [2.24, 2.45) is 0 Å². The Morgan fingerprint density at radius 1 is 1.07 bits per heavy atom. The third kappa shape index (κ3) is 5.07. The highest BCUT2D eigenvalue weighted by molar-refractivity contribution is 5.96. The number of nitrogens with one attached hydrogen (secondary N) is 2. The number of carbonyl (C=O) groups is 1. The first-order valence-corrected chi connectivity index (χ1v) is 9.39. The minimum absolute atomic E-state index is 0.0581. The summed E-state index contributed by atoms with van der Waals surface area (Å²) in [6.07, 6.45) is 1.75. The normalized spacial score (nSPS) is 11.1. The van der Waals surface area contributed by atoms with E-state index in [9.17, 15) is 14.0 Å². The van der Waals surface area contributed by atoms with Gasteiger partial charge < -0.3 is 15.1 Å². The van der Waals surface area contributed by atoms with Crippen molar-refractivity contribution < 1.29 is 13.6 Å². The van der Waals surface area contributed by atoms with E-state index < -0.39 is 5.76 Å². The first kappa shape index (κ1) is 19.8. The number of aryl methyl sites for hydroxylation is 1. The maximum atomic E-state index is 12.8. The molecular formula is C21H24FN3O3. The van der Waals surface area contributed by atoms with E-state index in [1.807, 2.05) is 0 Å². The number of ketones is 1. The molecule has 0 saturated heterocycles. The molecule has 0 aliphatic carbocycles. The Labute approximate surface area is 162 Å². The van der Waals surface area contributed by atoms with E-state index in [0.29, 0.717) is 23.2 Å². The summed E-state index contributed by atoms with van der Waals surface area (Å²) in [5.41, 5.74) is 2.59. The summed E-state index contributed by atoms with van der Waals surface area (Å²) in [4.78, 5) is 23.5. The maximum Gasteiger partial charge on any atom is 0.419 e. The zero-order valence-electron chi connectivity index (χ0n) is 15.8. The van der Waals surface area contributed by atoms with E-state index in [4.69, 9.17) is 4.42 Å². The van der Waals surface area contributed by atoms with E-state index in [-0.39, 0.29) is 11.6 Å². The lowest BCUT2D eigenvalue weighted by atomic mass is 10.1. The molecule has 148 valence electrons. The van der Waals surface area contributed by atoms with Crippen LogP contribution in [0.2, 0.25) is 0 Å². The number of rotatable bonds is 10. The molecule has 0 saturated carbocycles. The number of oxazole rings is 1. The third-order valence-electron chi connectivity index (χ3n) is 4.54. The molecule has 0 radical (unpaired) electrons. The molecule has 3 aromatic rings. The molecule has 0 spiro atoms. The summed E-state index contributed by atoms with van der Waals surface area (Å²) in [7, 11) is 0. The molecule has 2 aromatic carbocycles. The summed E-state index contributed by atoms with van der Waals surface area (Å²) < 4.78 is 19.7. The molecule has 0 fully saturated rings. The molecule has 0 aliphatic heterocycles.